The van der Waals surface area contributed by atoms with E-state index in [0.29, 0.717) is 10.8 Å². The molecule has 1 aliphatic carbocycles. The molecule has 2 aromatic rings. The van der Waals surface area contributed by atoms with E-state index in [-0.39, 0.29) is 24.4 Å². The number of nitrogens with zero attached hydrogens (tertiary/aromatic N) is 1. The molecule has 1 aliphatic rings. The fourth-order valence-corrected chi connectivity index (χ4v) is 3.88. The molecule has 0 bridgehead atoms. The fourth-order valence-electron chi connectivity index (χ4n) is 2.91. The molecule has 0 aliphatic heterocycles. The smallest absolute Gasteiger partial charge is 0.321 e. The van der Waals surface area contributed by atoms with Crippen molar-refractivity contribution < 1.29 is 9.59 Å². The van der Waals surface area contributed by atoms with Crippen molar-refractivity contribution in [2.45, 2.75) is 44.6 Å². The van der Waals surface area contributed by atoms with Crippen LogP contribution in [0.4, 0.5) is 15.6 Å². The number of anilines is 2. The predicted octanol–water partition coefficient (Wildman–Crippen LogP) is 4.54. The third-order valence-corrected chi connectivity index (χ3v) is 5.52. The highest BCUT2D eigenvalue weighted by Crippen LogP contribution is 2.19. The fraction of sp³-hybridized carbons (Fsp3) is 0.389. The zero-order chi connectivity index (χ0) is 18.4. The summed E-state index contributed by atoms with van der Waals surface area (Å²) in [5.74, 6) is -0.143. The van der Waals surface area contributed by atoms with Crippen molar-refractivity contribution >= 4 is 50.0 Å². The van der Waals surface area contributed by atoms with Crippen LogP contribution in [-0.4, -0.2) is 23.0 Å². The van der Waals surface area contributed by atoms with Gasteiger partial charge in [0.1, 0.15) is 0 Å². The van der Waals surface area contributed by atoms with E-state index in [4.69, 9.17) is 0 Å². The molecule has 6 nitrogen and oxygen atoms in total. The quantitative estimate of drug-likeness (QED) is 0.642. The zero-order valence-corrected chi connectivity index (χ0v) is 16.7. The highest BCUT2D eigenvalue weighted by Gasteiger charge is 2.16. The molecule has 3 rings (SSSR count). The Morgan fingerprint density at radius 3 is 2.58 bits per heavy atom. The lowest BCUT2D eigenvalue weighted by Gasteiger charge is -2.22. The second-order valence-corrected chi connectivity index (χ2v) is 8.08. The molecule has 1 aromatic carbocycles. The zero-order valence-electron chi connectivity index (χ0n) is 14.3. The van der Waals surface area contributed by atoms with Gasteiger partial charge in [-0.05, 0) is 37.1 Å². The molecular weight excluding hydrogens is 416 g/mol. The van der Waals surface area contributed by atoms with E-state index in [1.807, 2.05) is 24.3 Å². The Hall–Kier alpha value is -1.93. The lowest BCUT2D eigenvalue weighted by Crippen LogP contribution is -2.39. The maximum absolute atomic E-state index is 12.1. The van der Waals surface area contributed by atoms with Crippen molar-refractivity contribution in [3.63, 3.8) is 0 Å². The van der Waals surface area contributed by atoms with Gasteiger partial charge < -0.3 is 10.6 Å². The molecule has 0 atom stereocenters. The van der Waals surface area contributed by atoms with Crippen LogP contribution in [0, 0.1) is 0 Å². The van der Waals surface area contributed by atoms with Gasteiger partial charge in [-0.1, -0.05) is 35.2 Å². The van der Waals surface area contributed by atoms with E-state index in [9.17, 15) is 9.59 Å². The first-order valence-corrected chi connectivity index (χ1v) is 10.3. The van der Waals surface area contributed by atoms with Crippen LogP contribution in [0.25, 0.3) is 0 Å². The summed E-state index contributed by atoms with van der Waals surface area (Å²) in [5.41, 5.74) is 1.37. The summed E-state index contributed by atoms with van der Waals surface area (Å²) in [7, 11) is 0. The van der Waals surface area contributed by atoms with Gasteiger partial charge in [0.05, 0.1) is 12.1 Å². The number of thiazole rings is 1. The van der Waals surface area contributed by atoms with Crippen LogP contribution in [0.1, 0.15) is 37.8 Å². The number of amides is 3. The molecule has 0 saturated heterocycles. The SMILES string of the molecule is O=C(Cc1csc(NC(=O)NC2CCCCC2)n1)Nc1ccc(Br)cc1. The van der Waals surface area contributed by atoms with Crippen LogP contribution in [-0.2, 0) is 11.2 Å². The van der Waals surface area contributed by atoms with Gasteiger partial charge in [0.15, 0.2) is 5.13 Å². The van der Waals surface area contributed by atoms with E-state index in [2.05, 4.69) is 36.9 Å². The number of hydrogen-bond donors (Lipinski definition) is 3. The van der Waals surface area contributed by atoms with Crippen LogP contribution in [0.5, 0.6) is 0 Å². The van der Waals surface area contributed by atoms with Crippen LogP contribution >= 0.6 is 27.3 Å². The maximum atomic E-state index is 12.1. The maximum Gasteiger partial charge on any atom is 0.321 e. The number of hydrogen-bond acceptors (Lipinski definition) is 4. The number of urea groups is 1. The van der Waals surface area contributed by atoms with Gasteiger partial charge in [-0.25, -0.2) is 9.78 Å². The van der Waals surface area contributed by atoms with Crippen LogP contribution in [0.3, 0.4) is 0 Å². The number of aromatic nitrogens is 1. The van der Waals surface area contributed by atoms with Crippen molar-refractivity contribution in [2.75, 3.05) is 10.6 Å². The minimum atomic E-state index is -0.225. The Morgan fingerprint density at radius 1 is 1.12 bits per heavy atom. The van der Waals surface area contributed by atoms with E-state index in [1.165, 1.54) is 30.6 Å². The summed E-state index contributed by atoms with van der Waals surface area (Å²) < 4.78 is 0.956. The van der Waals surface area contributed by atoms with Crippen LogP contribution < -0.4 is 16.0 Å². The summed E-state index contributed by atoms with van der Waals surface area (Å²) in [6.07, 6.45) is 5.82. The molecule has 8 heteroatoms. The minimum Gasteiger partial charge on any atom is -0.335 e. The number of halogens is 1. The summed E-state index contributed by atoms with van der Waals surface area (Å²) in [6, 6.07) is 7.41. The average Bonchev–Trinajstić information content (AvgIpc) is 3.04. The Kier molecular flexibility index (Phi) is 6.62. The van der Waals surface area contributed by atoms with Gasteiger partial charge >= 0.3 is 6.03 Å². The van der Waals surface area contributed by atoms with Crippen molar-refractivity contribution in [3.05, 3.63) is 39.8 Å². The van der Waals surface area contributed by atoms with Gasteiger partial charge in [-0.15, -0.1) is 11.3 Å². The Labute approximate surface area is 164 Å². The van der Waals surface area contributed by atoms with E-state index in [1.54, 1.807) is 5.38 Å². The van der Waals surface area contributed by atoms with Gasteiger partial charge in [0.25, 0.3) is 0 Å². The summed E-state index contributed by atoms with van der Waals surface area (Å²) in [6.45, 7) is 0. The lowest BCUT2D eigenvalue weighted by atomic mass is 9.96. The monoisotopic (exact) mass is 436 g/mol. The lowest BCUT2D eigenvalue weighted by molar-refractivity contribution is -0.115. The largest absolute Gasteiger partial charge is 0.335 e. The minimum absolute atomic E-state index is 0.143. The third-order valence-electron chi connectivity index (χ3n) is 4.18. The van der Waals surface area contributed by atoms with Gasteiger partial charge in [-0.3, -0.25) is 10.1 Å². The Bertz CT molecular complexity index is 757. The van der Waals surface area contributed by atoms with Crippen molar-refractivity contribution in [3.8, 4) is 0 Å². The summed E-state index contributed by atoms with van der Waals surface area (Å²) >= 11 is 4.68. The van der Waals surface area contributed by atoms with Crippen LogP contribution in [0.15, 0.2) is 34.1 Å². The molecule has 1 aromatic heterocycles. The second kappa shape index (κ2) is 9.14. The number of carbonyl (C=O) groups excluding carboxylic acids is 2. The molecule has 26 heavy (non-hydrogen) atoms. The van der Waals surface area contributed by atoms with Crippen LogP contribution in [0.2, 0.25) is 0 Å². The molecule has 3 amide bonds. The highest BCUT2D eigenvalue weighted by atomic mass is 79.9. The first-order valence-electron chi connectivity index (χ1n) is 8.66. The molecule has 0 spiro atoms. The second-order valence-electron chi connectivity index (χ2n) is 6.31. The van der Waals surface area contributed by atoms with Gasteiger partial charge in [0.2, 0.25) is 5.91 Å². The topological polar surface area (TPSA) is 83.1 Å². The number of carbonyl (C=O) groups is 2. The average molecular weight is 437 g/mol. The molecule has 0 radical (unpaired) electrons. The van der Waals surface area contributed by atoms with Crippen molar-refractivity contribution in [1.82, 2.24) is 10.3 Å². The normalized spacial score (nSPS) is 14.7. The number of rotatable bonds is 5. The summed E-state index contributed by atoms with van der Waals surface area (Å²) in [5, 5.41) is 10.9. The Morgan fingerprint density at radius 2 is 1.85 bits per heavy atom. The third kappa shape index (κ3) is 5.81. The molecular formula is C18H21BrN4O2S. The molecule has 3 N–H and O–H groups in total. The number of nitrogens with one attached hydrogen (secondary N) is 3. The first kappa shape index (κ1) is 18.8. The standard InChI is InChI=1S/C18H21BrN4O2S/c19-12-6-8-14(9-7-12)20-16(24)10-15-11-26-18(22-15)23-17(25)21-13-4-2-1-3-5-13/h6-9,11,13H,1-5,10H2,(H,20,24)(H2,21,22,23,25). The first-order chi connectivity index (χ1) is 12.6. The van der Waals surface area contributed by atoms with Crippen molar-refractivity contribution in [1.29, 1.82) is 0 Å². The molecule has 1 fully saturated rings. The molecule has 0 unspecified atom stereocenters. The number of benzene rings is 1. The van der Waals surface area contributed by atoms with Gasteiger partial charge in [-0.2, -0.15) is 0 Å². The molecule has 1 saturated carbocycles. The molecule has 1 heterocycles. The van der Waals surface area contributed by atoms with Crippen molar-refractivity contribution in [2.24, 2.45) is 0 Å². The van der Waals surface area contributed by atoms with Gasteiger partial charge in [0, 0.05) is 21.6 Å². The predicted molar refractivity (Wildman–Crippen MR) is 108 cm³/mol. The van der Waals surface area contributed by atoms with E-state index >= 15 is 0 Å². The Balaban J connectivity index is 1.46. The molecule has 138 valence electrons. The summed E-state index contributed by atoms with van der Waals surface area (Å²) in [4.78, 5) is 28.5. The highest BCUT2D eigenvalue weighted by molar-refractivity contribution is 9.10. The van der Waals surface area contributed by atoms with E-state index < -0.39 is 0 Å². The van der Waals surface area contributed by atoms with E-state index in [0.717, 1.165) is 23.0 Å².